The van der Waals surface area contributed by atoms with E-state index >= 15 is 0 Å². The Kier molecular flexibility index (Phi) is 24.2. The molecule has 0 radical (unpaired) electrons. The zero-order valence-corrected chi connectivity index (χ0v) is 56.6. The first-order chi connectivity index (χ1) is 49.0. The number of methoxy groups -OCH3 is 1. The fourth-order valence-corrected chi connectivity index (χ4v) is 12.8. The van der Waals surface area contributed by atoms with E-state index in [0.717, 1.165) is 86.2 Å². The van der Waals surface area contributed by atoms with Crippen molar-refractivity contribution in [3.63, 3.8) is 0 Å². The highest BCUT2D eigenvalue weighted by Crippen LogP contribution is 2.38. The van der Waals surface area contributed by atoms with E-state index in [9.17, 15) is 45.2 Å². The Morgan fingerprint density at radius 3 is 1.87 bits per heavy atom. The number of anilines is 2. The number of H-pyrrole nitrogens is 1. The average molecular weight is 1420 g/mol. The number of imide groups is 1. The summed E-state index contributed by atoms with van der Waals surface area (Å²) < 4.78 is 89.2. The van der Waals surface area contributed by atoms with E-state index in [0.29, 0.717) is 69.8 Å². The molecule has 520 valence electrons. The zero-order chi connectivity index (χ0) is 72.3. The second kappa shape index (κ2) is 33.8. The molecule has 2 aliphatic rings. The van der Waals surface area contributed by atoms with Gasteiger partial charge in [0, 0.05) is 65.7 Å². The van der Waals surface area contributed by atoms with Crippen LogP contribution in [0.15, 0.2) is 247 Å². The van der Waals surface area contributed by atoms with E-state index in [1.807, 2.05) is 103 Å². The van der Waals surface area contributed by atoms with E-state index in [-0.39, 0.29) is 57.1 Å². The van der Waals surface area contributed by atoms with Gasteiger partial charge in [-0.25, -0.2) is 27.9 Å². The second-order valence-corrected chi connectivity index (χ2v) is 25.7. The number of nitrogens with zero attached hydrogens (tertiary/aromatic N) is 5. The molecule has 11 aromatic rings. The van der Waals surface area contributed by atoms with Gasteiger partial charge in [0.05, 0.1) is 22.6 Å². The molecular weight excluding hydrogens is 1350 g/mol. The van der Waals surface area contributed by atoms with Crippen LogP contribution in [0.2, 0.25) is 0 Å². The van der Waals surface area contributed by atoms with Crippen LogP contribution in [-0.4, -0.2) is 81.8 Å². The minimum Gasteiger partial charge on any atom is -0.496 e. The summed E-state index contributed by atoms with van der Waals surface area (Å²) in [4.78, 5) is 62.7. The van der Waals surface area contributed by atoms with E-state index in [2.05, 4.69) is 35.2 Å². The number of sulfonamides is 1. The van der Waals surface area contributed by atoms with Crippen LogP contribution < -0.4 is 36.1 Å². The largest absolute Gasteiger partial charge is 0.573 e. The Hall–Kier alpha value is -11.8. The number of ketones is 1. The summed E-state index contributed by atoms with van der Waals surface area (Å²) in [7, 11) is -0.715. The number of nitrogens with two attached hydrogens (primary N) is 3. The zero-order valence-electron chi connectivity index (χ0n) is 55.0. The highest BCUT2D eigenvalue weighted by atomic mass is 32.2. The molecule has 3 amide bonds. The summed E-state index contributed by atoms with van der Waals surface area (Å²) in [6.45, 7) is 0.470. The lowest BCUT2D eigenvalue weighted by Gasteiger charge is -2.18. The monoisotopic (exact) mass is 1420 g/mol. The first-order valence-electron chi connectivity index (χ1n) is 31.8. The third-order valence-electron chi connectivity index (χ3n) is 16.2. The topological polar surface area (TPSA) is 291 Å². The number of nitrogens with one attached hydrogen (secondary N) is 2. The van der Waals surface area contributed by atoms with Crippen molar-refractivity contribution >= 4 is 62.5 Å². The minimum atomic E-state index is -4.74. The molecule has 102 heavy (non-hydrogen) atoms. The maximum atomic E-state index is 13.0. The van der Waals surface area contributed by atoms with Crippen LogP contribution in [0.25, 0.3) is 62.1 Å². The summed E-state index contributed by atoms with van der Waals surface area (Å²) >= 11 is 0.917. The van der Waals surface area contributed by atoms with Gasteiger partial charge in [0.15, 0.2) is 5.82 Å². The number of nitrogen functional groups attached to an aromatic ring is 2. The molecule has 3 heterocycles. The van der Waals surface area contributed by atoms with Crippen LogP contribution in [0, 0.1) is 17.7 Å². The van der Waals surface area contributed by atoms with Crippen molar-refractivity contribution in [2.75, 3.05) is 25.6 Å². The number of carbonyl (C=O) groups is 4. The second-order valence-electron chi connectivity index (χ2n) is 23.2. The summed E-state index contributed by atoms with van der Waals surface area (Å²) in [6, 6.07) is 67.1. The van der Waals surface area contributed by atoms with Crippen molar-refractivity contribution in [3.8, 4) is 79.0 Å². The Labute approximate surface area is 589 Å². The van der Waals surface area contributed by atoms with Crippen LogP contribution in [0.3, 0.4) is 0 Å². The van der Waals surface area contributed by atoms with Gasteiger partial charge >= 0.3 is 6.36 Å². The first kappa shape index (κ1) is 72.9. The fraction of sp³-hybridized carbons (Fsp3) is 0.143. The molecular formula is C77H68F4N10O9S2. The fourth-order valence-electron chi connectivity index (χ4n) is 11.3. The quantitative estimate of drug-likeness (QED) is 0.0394. The summed E-state index contributed by atoms with van der Waals surface area (Å²) in [5, 5.41) is 14.5. The number of benzene rings is 9. The van der Waals surface area contributed by atoms with Gasteiger partial charge in [-0.3, -0.25) is 29.2 Å². The predicted octanol–water partition coefficient (Wildman–Crippen LogP) is 15.5. The number of aromatic nitrogens is 5. The van der Waals surface area contributed by atoms with Crippen molar-refractivity contribution in [1.29, 1.82) is 0 Å². The number of para-hydroxylation sites is 2. The smallest absolute Gasteiger partial charge is 0.496 e. The first-order valence-corrected chi connectivity index (χ1v) is 34.2. The lowest BCUT2D eigenvalue weighted by molar-refractivity contribution is -0.274. The summed E-state index contributed by atoms with van der Waals surface area (Å²) in [5.74, 6) is 1.74. The molecule has 2 atom stereocenters. The van der Waals surface area contributed by atoms with Crippen molar-refractivity contribution in [1.82, 2.24) is 35.4 Å². The van der Waals surface area contributed by atoms with Crippen molar-refractivity contribution < 1.29 is 59.4 Å². The molecule has 0 spiro atoms. The molecule has 19 nitrogen and oxygen atoms in total. The highest BCUT2D eigenvalue weighted by Gasteiger charge is 2.37. The number of aromatic amines is 1. The lowest BCUT2D eigenvalue weighted by Crippen LogP contribution is -2.35. The molecule has 25 heteroatoms. The molecule has 13 rings (SSSR count). The van der Waals surface area contributed by atoms with Gasteiger partial charge in [-0.1, -0.05) is 164 Å². The number of hydrogen-bond acceptors (Lipinski definition) is 16. The normalized spacial score (nSPS) is 14.5. The molecule has 2 fully saturated rings. The Morgan fingerprint density at radius 1 is 0.667 bits per heavy atom. The van der Waals surface area contributed by atoms with Gasteiger partial charge in [-0.2, -0.15) is 10.1 Å². The van der Waals surface area contributed by atoms with Gasteiger partial charge in [-0.15, -0.1) is 13.2 Å². The third-order valence-corrected chi connectivity index (χ3v) is 18.2. The number of ether oxygens (including phenoxy) is 3. The predicted molar refractivity (Wildman–Crippen MR) is 385 cm³/mol. The van der Waals surface area contributed by atoms with Crippen LogP contribution in [0.5, 0.6) is 23.0 Å². The molecule has 1 aliphatic heterocycles. The third kappa shape index (κ3) is 20.0. The van der Waals surface area contributed by atoms with Crippen LogP contribution in [-0.2, 0) is 37.4 Å². The minimum absolute atomic E-state index is 0.0393. The van der Waals surface area contributed by atoms with E-state index in [1.54, 1.807) is 110 Å². The van der Waals surface area contributed by atoms with E-state index in [4.69, 9.17) is 26.1 Å². The summed E-state index contributed by atoms with van der Waals surface area (Å²) in [6.07, 6.45) is 1.63. The van der Waals surface area contributed by atoms with Gasteiger partial charge in [0.2, 0.25) is 21.9 Å². The van der Waals surface area contributed by atoms with Gasteiger partial charge in [-0.05, 0) is 137 Å². The number of aryl methyl sites for hydroxylation is 1. The number of hydrogen-bond donors (Lipinski definition) is 5. The Balaban J connectivity index is 0.000000150. The van der Waals surface area contributed by atoms with E-state index < -0.39 is 16.4 Å². The van der Waals surface area contributed by atoms with Crippen molar-refractivity contribution in [2.24, 2.45) is 17.0 Å². The Morgan fingerprint density at radius 2 is 1.25 bits per heavy atom. The molecule has 8 N–H and O–H groups in total. The van der Waals surface area contributed by atoms with Crippen LogP contribution in [0.1, 0.15) is 42.4 Å². The van der Waals surface area contributed by atoms with Gasteiger partial charge < -0.3 is 31.0 Å². The standard InChI is InChI=1S/C28H30N2O4S.C17H12FNO3S.C17H16N4O.C15H10F3N3O/c29-35(33,34)27-12-5-4-9-23(27)22-16-13-20(14-17-22)15-18-26(31)24-10-6-11-25(24)28(32)30-19-21-7-2-1-3-8-21;1-19-16(20)15(23-17(19)21)10-11-2-6-13(7-3-11)22-14-8-4-12(18)5-9-14;1-22-15-8-3-2-7-13(15)11-5-4-6-12(9-11)14-10-16(18)21-17(19)20-14;16-15(17,18)22-13-7-2-1-6-12(13)10-4-3-5-11(8-10)14-19-9-20-21-14/h1-5,7-9,12-14,16-17,24-25H,6,10-11,15,18-19H2,(H,30,32)(H2,29,33,34);2-10H,1H3;2-10H,1H3,(H4,18,19,20,21);1-9H,(H,19,20,21)/b;15-10-;;/t24-,25?;;;/m1.../s1. The molecule has 1 saturated carbocycles. The molecule has 1 saturated heterocycles. The number of amides is 3. The average Bonchev–Trinajstić information content (AvgIpc) is 1.07. The summed E-state index contributed by atoms with van der Waals surface area (Å²) in [5.41, 5.74) is 20.8. The van der Waals surface area contributed by atoms with E-state index in [1.165, 1.54) is 43.7 Å². The Bertz CT molecular complexity index is 4860. The number of likely N-dealkylation sites (N-methyl/N-ethyl adjacent to an activating group) is 1. The van der Waals surface area contributed by atoms with Gasteiger partial charge in [0.25, 0.3) is 11.1 Å². The number of alkyl halides is 3. The molecule has 1 aliphatic carbocycles. The molecule has 0 bridgehead atoms. The van der Waals surface area contributed by atoms with Crippen molar-refractivity contribution in [2.45, 2.75) is 49.9 Å². The maximum absolute atomic E-state index is 13.0. The SMILES string of the molecule is CN1C(=O)S/C(=C\c2ccc(Oc3ccc(F)cc3)cc2)C1=O.COc1ccccc1-c1cccc(-c2cc(N)nc(N)n2)c1.FC(F)(F)Oc1ccccc1-c1cccc(-c2ncn[nH]2)c1.NS(=O)(=O)c1ccccc1-c1ccc(CCC(=O)[C@@H]2CCCC2C(=O)NCc2ccccc2)cc1. The number of carbonyl (C=O) groups excluding carboxylic acids is 4. The highest BCUT2D eigenvalue weighted by molar-refractivity contribution is 8.18. The molecule has 1 unspecified atom stereocenters. The number of halogens is 4. The molecule has 2 aromatic heterocycles. The molecule has 9 aromatic carbocycles. The number of thioether (sulfide) groups is 1. The van der Waals surface area contributed by atoms with Gasteiger partial charge in [0.1, 0.15) is 46.7 Å². The lowest BCUT2D eigenvalue weighted by atomic mass is 9.88. The van der Waals surface area contributed by atoms with Crippen molar-refractivity contribution in [3.05, 3.63) is 264 Å². The number of primary sulfonamides is 1. The van der Waals surface area contributed by atoms with Crippen LogP contribution >= 0.6 is 11.8 Å². The number of rotatable bonds is 18. The maximum Gasteiger partial charge on any atom is 0.573 e. The van der Waals surface area contributed by atoms with Crippen LogP contribution in [0.4, 0.5) is 34.1 Å². The number of Topliss-reactive ketones (excluding diaryl/α,β-unsaturated/α-hetero) is 1.